The number of nitrogens with zero attached hydrogens (tertiary/aromatic N) is 2. The molecule has 34 heavy (non-hydrogen) atoms. The molecule has 7 heteroatoms. The molecule has 0 fully saturated rings. The number of fused-ring (bicyclic) bond motifs is 1. The Morgan fingerprint density at radius 1 is 1.03 bits per heavy atom. The summed E-state index contributed by atoms with van der Waals surface area (Å²) in [5.41, 5.74) is 10.5. The van der Waals surface area contributed by atoms with Crippen LogP contribution >= 0.6 is 0 Å². The van der Waals surface area contributed by atoms with Gasteiger partial charge in [-0.1, -0.05) is 30.3 Å². The second kappa shape index (κ2) is 9.70. The van der Waals surface area contributed by atoms with Crippen LogP contribution in [-0.2, 0) is 11.2 Å². The molecule has 0 saturated carbocycles. The van der Waals surface area contributed by atoms with Gasteiger partial charge in [0.05, 0.1) is 12.0 Å². The predicted octanol–water partition coefficient (Wildman–Crippen LogP) is 4.51. The summed E-state index contributed by atoms with van der Waals surface area (Å²) in [6.07, 6.45) is 5.40. The van der Waals surface area contributed by atoms with Crippen LogP contribution in [0.2, 0.25) is 0 Å². The summed E-state index contributed by atoms with van der Waals surface area (Å²) in [6.45, 7) is 5.72. The molecule has 0 atom stereocenters. The van der Waals surface area contributed by atoms with E-state index in [0.717, 1.165) is 33.0 Å². The maximum absolute atomic E-state index is 12.7. The molecule has 0 aliphatic heterocycles. The normalized spacial score (nSPS) is 10.9. The zero-order valence-corrected chi connectivity index (χ0v) is 19.4. The Morgan fingerprint density at radius 2 is 1.82 bits per heavy atom. The number of nitrogens with two attached hydrogens (primary N) is 1. The minimum atomic E-state index is -0.258. The number of aryl methyl sites for hydroxylation is 1. The van der Waals surface area contributed by atoms with Crippen LogP contribution in [0.1, 0.15) is 35.3 Å². The van der Waals surface area contributed by atoms with E-state index < -0.39 is 0 Å². The van der Waals surface area contributed by atoms with Crippen LogP contribution in [0.3, 0.4) is 0 Å². The largest absolute Gasteiger partial charge is 0.383 e. The third-order valence-corrected chi connectivity index (χ3v) is 5.51. The van der Waals surface area contributed by atoms with E-state index in [-0.39, 0.29) is 30.1 Å². The van der Waals surface area contributed by atoms with Gasteiger partial charge in [0.1, 0.15) is 5.82 Å². The van der Waals surface area contributed by atoms with Crippen molar-refractivity contribution in [2.24, 2.45) is 0 Å². The van der Waals surface area contributed by atoms with Crippen LogP contribution in [-0.4, -0.2) is 27.8 Å². The average molecular weight is 454 g/mol. The first kappa shape index (κ1) is 22.9. The van der Waals surface area contributed by atoms with Crippen LogP contribution in [0.5, 0.6) is 0 Å². The number of nitrogen functional groups attached to an aromatic ring is 1. The van der Waals surface area contributed by atoms with E-state index in [1.165, 1.54) is 0 Å². The van der Waals surface area contributed by atoms with Gasteiger partial charge < -0.3 is 16.4 Å². The second-order valence-corrected chi connectivity index (χ2v) is 8.56. The molecular formula is C27H27N5O2. The fourth-order valence-electron chi connectivity index (χ4n) is 3.91. The molecule has 0 saturated heterocycles. The smallest absolute Gasteiger partial charge is 0.255 e. The van der Waals surface area contributed by atoms with Crippen molar-refractivity contribution in [2.45, 2.75) is 33.2 Å². The van der Waals surface area contributed by atoms with Crippen molar-refractivity contribution < 1.29 is 9.59 Å². The van der Waals surface area contributed by atoms with Gasteiger partial charge in [0.15, 0.2) is 0 Å². The molecule has 0 bridgehead atoms. The summed E-state index contributed by atoms with van der Waals surface area (Å²) >= 11 is 0. The minimum Gasteiger partial charge on any atom is -0.383 e. The number of rotatable bonds is 6. The lowest BCUT2D eigenvalue weighted by Gasteiger charge is -2.13. The number of nitrogens with one attached hydrogen (secondary N) is 2. The van der Waals surface area contributed by atoms with Crippen molar-refractivity contribution in [3.63, 3.8) is 0 Å². The number of hydrogen-bond acceptors (Lipinski definition) is 5. The van der Waals surface area contributed by atoms with E-state index in [9.17, 15) is 9.59 Å². The highest BCUT2D eigenvalue weighted by Crippen LogP contribution is 2.28. The third kappa shape index (κ3) is 5.04. The Morgan fingerprint density at radius 3 is 2.59 bits per heavy atom. The van der Waals surface area contributed by atoms with Crippen LogP contribution in [0.4, 0.5) is 11.5 Å². The first-order valence-corrected chi connectivity index (χ1v) is 11.1. The standard InChI is InChI=1S/C27H27N5O2/c1-16(2)31-27(34)24-11-19(15-30-26(24)28)22-9-8-21(10-17(22)3)32-25(33)12-20-14-29-13-18-6-4-5-7-23(18)20/h4-11,13-16H,12H2,1-3H3,(H2,28,30)(H,31,34)(H,32,33). The van der Waals surface area contributed by atoms with Crippen molar-refractivity contribution in [1.29, 1.82) is 0 Å². The zero-order valence-electron chi connectivity index (χ0n) is 19.4. The summed E-state index contributed by atoms with van der Waals surface area (Å²) in [5, 5.41) is 7.84. The molecule has 0 radical (unpaired) electrons. The molecule has 172 valence electrons. The molecular weight excluding hydrogens is 426 g/mol. The summed E-state index contributed by atoms with van der Waals surface area (Å²) < 4.78 is 0. The molecule has 0 spiro atoms. The second-order valence-electron chi connectivity index (χ2n) is 8.56. The highest BCUT2D eigenvalue weighted by atomic mass is 16.2. The summed E-state index contributed by atoms with van der Waals surface area (Å²) in [6, 6.07) is 15.3. The lowest BCUT2D eigenvalue weighted by molar-refractivity contribution is -0.115. The Kier molecular flexibility index (Phi) is 6.54. The van der Waals surface area contributed by atoms with Crippen LogP contribution in [0, 0.1) is 6.92 Å². The molecule has 2 aromatic heterocycles. The summed E-state index contributed by atoms with van der Waals surface area (Å²) in [5.74, 6) is -0.190. The monoisotopic (exact) mass is 453 g/mol. The quantitative estimate of drug-likeness (QED) is 0.398. The third-order valence-electron chi connectivity index (χ3n) is 5.51. The van der Waals surface area contributed by atoms with Gasteiger partial charge in [-0.05, 0) is 61.0 Å². The Labute approximate surface area is 198 Å². The molecule has 2 heterocycles. The van der Waals surface area contributed by atoms with Crippen molar-refractivity contribution in [3.05, 3.63) is 83.8 Å². The molecule has 0 aliphatic rings. The summed E-state index contributed by atoms with van der Waals surface area (Å²) in [4.78, 5) is 33.7. The van der Waals surface area contributed by atoms with E-state index in [1.807, 2.05) is 63.2 Å². The highest BCUT2D eigenvalue weighted by Gasteiger charge is 2.15. The van der Waals surface area contributed by atoms with Crippen LogP contribution < -0.4 is 16.4 Å². The van der Waals surface area contributed by atoms with Gasteiger partial charge in [-0.3, -0.25) is 14.6 Å². The number of amides is 2. The zero-order chi connectivity index (χ0) is 24.2. The lowest BCUT2D eigenvalue weighted by atomic mass is 9.99. The van der Waals surface area contributed by atoms with Gasteiger partial charge >= 0.3 is 0 Å². The fraction of sp³-hybridized carbons (Fsp3) is 0.185. The van der Waals surface area contributed by atoms with Crippen LogP contribution in [0.25, 0.3) is 21.9 Å². The fourth-order valence-corrected chi connectivity index (χ4v) is 3.91. The Bertz CT molecular complexity index is 1380. The van der Waals surface area contributed by atoms with Crippen molar-refractivity contribution in [2.75, 3.05) is 11.1 Å². The number of pyridine rings is 2. The summed E-state index contributed by atoms with van der Waals surface area (Å²) in [7, 11) is 0. The van der Waals surface area contributed by atoms with Gasteiger partial charge in [-0.25, -0.2) is 4.98 Å². The number of aromatic nitrogens is 2. The molecule has 4 rings (SSSR count). The first-order chi connectivity index (χ1) is 16.3. The maximum Gasteiger partial charge on any atom is 0.255 e. The minimum absolute atomic E-state index is 0.00940. The van der Waals surface area contributed by atoms with Crippen molar-refractivity contribution in [3.8, 4) is 11.1 Å². The number of carbonyl (C=O) groups is 2. The number of benzene rings is 2. The van der Waals surface area contributed by atoms with Gasteiger partial charge in [-0.2, -0.15) is 0 Å². The van der Waals surface area contributed by atoms with Crippen molar-refractivity contribution >= 4 is 34.1 Å². The first-order valence-electron chi connectivity index (χ1n) is 11.1. The van der Waals surface area contributed by atoms with E-state index >= 15 is 0 Å². The number of anilines is 2. The van der Waals surface area contributed by atoms with Gasteiger partial charge in [0.25, 0.3) is 5.91 Å². The van der Waals surface area contributed by atoms with Gasteiger partial charge in [0.2, 0.25) is 5.91 Å². The maximum atomic E-state index is 12.7. The van der Waals surface area contributed by atoms with Crippen molar-refractivity contribution in [1.82, 2.24) is 15.3 Å². The van der Waals surface area contributed by atoms with E-state index in [4.69, 9.17) is 5.73 Å². The van der Waals surface area contributed by atoms with E-state index in [1.54, 1.807) is 24.7 Å². The molecule has 4 N–H and O–H groups in total. The van der Waals surface area contributed by atoms with Gasteiger partial charge in [0, 0.05) is 41.3 Å². The topological polar surface area (TPSA) is 110 Å². The highest BCUT2D eigenvalue weighted by molar-refractivity contribution is 6.00. The van der Waals surface area contributed by atoms with Gasteiger partial charge in [-0.15, -0.1) is 0 Å². The molecule has 7 nitrogen and oxygen atoms in total. The average Bonchev–Trinajstić information content (AvgIpc) is 2.79. The number of carbonyl (C=O) groups excluding carboxylic acids is 2. The predicted molar refractivity (Wildman–Crippen MR) is 136 cm³/mol. The Balaban J connectivity index is 1.52. The lowest BCUT2D eigenvalue weighted by Crippen LogP contribution is -2.30. The SMILES string of the molecule is Cc1cc(NC(=O)Cc2cncc3ccccc23)ccc1-c1cnc(N)c(C(=O)NC(C)C)c1. The molecule has 0 unspecified atom stereocenters. The molecule has 4 aromatic rings. The number of hydrogen-bond donors (Lipinski definition) is 3. The van der Waals surface area contributed by atoms with Crippen LogP contribution in [0.15, 0.2) is 67.1 Å². The Hall–Kier alpha value is -4.26. The van der Waals surface area contributed by atoms with E-state index in [0.29, 0.717) is 11.3 Å². The van der Waals surface area contributed by atoms with E-state index in [2.05, 4.69) is 20.6 Å². The molecule has 2 aromatic carbocycles. The molecule has 2 amide bonds. The molecule has 0 aliphatic carbocycles.